The van der Waals surface area contributed by atoms with E-state index in [2.05, 4.69) is 15.6 Å². The van der Waals surface area contributed by atoms with E-state index >= 15 is 0 Å². The molecule has 2 aromatic rings. The lowest BCUT2D eigenvalue weighted by atomic mass is 10.2. The third-order valence-electron chi connectivity index (χ3n) is 3.80. The number of pyridine rings is 1. The average Bonchev–Trinajstić information content (AvgIpc) is 2.63. The van der Waals surface area contributed by atoms with Crippen molar-refractivity contribution in [3.63, 3.8) is 0 Å². The van der Waals surface area contributed by atoms with Gasteiger partial charge in [-0.05, 0) is 37.6 Å². The number of nitrogens with zero attached hydrogens (tertiary/aromatic N) is 2. The first-order valence-corrected chi connectivity index (χ1v) is 9.25. The van der Waals surface area contributed by atoms with Gasteiger partial charge < -0.3 is 20.3 Å². The first-order chi connectivity index (χ1) is 13.2. The molecule has 1 aromatic heterocycles. The van der Waals surface area contributed by atoms with Crippen LogP contribution in [0.15, 0.2) is 30.5 Å². The molecule has 0 saturated carbocycles. The molecule has 0 fully saturated rings. The molecule has 9 heteroatoms. The molecule has 0 radical (unpaired) electrons. The fraction of sp³-hybridized carbons (Fsp3) is 0.316. The lowest BCUT2D eigenvalue weighted by Crippen LogP contribution is -2.32. The summed E-state index contributed by atoms with van der Waals surface area (Å²) in [7, 11) is 3.31. The van der Waals surface area contributed by atoms with Crippen LogP contribution in [0.5, 0.6) is 5.75 Å². The third kappa shape index (κ3) is 6.00. The quantitative estimate of drug-likeness (QED) is 0.708. The highest BCUT2D eigenvalue weighted by molar-refractivity contribution is 6.36. The van der Waals surface area contributed by atoms with Gasteiger partial charge in [-0.15, -0.1) is 0 Å². The lowest BCUT2D eigenvalue weighted by Gasteiger charge is -2.19. The second kappa shape index (κ2) is 9.61. The number of nitrogens with one attached hydrogen (secondary N) is 2. The van der Waals surface area contributed by atoms with Crippen molar-refractivity contribution in [2.45, 2.75) is 19.9 Å². The van der Waals surface area contributed by atoms with Crippen molar-refractivity contribution in [2.24, 2.45) is 0 Å². The molecule has 150 valence electrons. The minimum atomic E-state index is -0.622. The first kappa shape index (κ1) is 21.8. The minimum Gasteiger partial charge on any atom is -0.482 e. The van der Waals surface area contributed by atoms with Crippen LogP contribution in [0.3, 0.4) is 0 Å². The molecular formula is C19H22Cl2N4O3. The zero-order chi connectivity index (χ0) is 20.8. The van der Waals surface area contributed by atoms with Gasteiger partial charge in [-0.2, -0.15) is 0 Å². The summed E-state index contributed by atoms with van der Waals surface area (Å²) in [6.45, 7) is 3.50. The number of carbonyl (C=O) groups is 2. The maximum Gasteiger partial charge on any atom is 0.259 e. The van der Waals surface area contributed by atoms with Crippen LogP contribution in [0, 0.1) is 6.92 Å². The van der Waals surface area contributed by atoms with Crippen LogP contribution in [-0.2, 0) is 9.59 Å². The van der Waals surface area contributed by atoms with E-state index in [0.29, 0.717) is 16.5 Å². The Hall–Kier alpha value is -2.51. The zero-order valence-corrected chi connectivity index (χ0v) is 17.6. The van der Waals surface area contributed by atoms with Gasteiger partial charge in [0.05, 0.1) is 15.7 Å². The van der Waals surface area contributed by atoms with E-state index in [0.717, 1.165) is 5.56 Å². The Labute approximate surface area is 174 Å². The standard InChI is InChI=1S/C19H22Cl2N4O3/c1-11-5-6-15(16(7-11)28-10-17(26)25(3)4)23-12(2)19(27)24-18-14(21)8-13(20)9-22-18/h5-9,12,23H,10H2,1-4H3,(H,22,24,27). The number of hydrogen-bond acceptors (Lipinski definition) is 5. The molecular weight excluding hydrogens is 403 g/mol. The van der Waals surface area contributed by atoms with Gasteiger partial charge in [0.15, 0.2) is 12.4 Å². The first-order valence-electron chi connectivity index (χ1n) is 8.49. The van der Waals surface area contributed by atoms with Gasteiger partial charge in [-0.25, -0.2) is 4.98 Å². The summed E-state index contributed by atoms with van der Waals surface area (Å²) < 4.78 is 5.64. The summed E-state index contributed by atoms with van der Waals surface area (Å²) in [5.74, 6) is 0.202. The van der Waals surface area contributed by atoms with Crippen LogP contribution >= 0.6 is 23.2 Å². The smallest absolute Gasteiger partial charge is 0.259 e. The number of benzene rings is 1. The fourth-order valence-corrected chi connectivity index (χ4v) is 2.59. The fourth-order valence-electron chi connectivity index (χ4n) is 2.17. The predicted molar refractivity (Wildman–Crippen MR) is 111 cm³/mol. The predicted octanol–water partition coefficient (Wildman–Crippen LogP) is 3.60. The molecule has 7 nitrogen and oxygen atoms in total. The van der Waals surface area contributed by atoms with Crippen molar-refractivity contribution in [3.05, 3.63) is 46.1 Å². The molecule has 1 unspecified atom stereocenters. The van der Waals surface area contributed by atoms with Crippen molar-refractivity contribution in [3.8, 4) is 5.75 Å². The highest BCUT2D eigenvalue weighted by Crippen LogP contribution is 2.27. The lowest BCUT2D eigenvalue weighted by molar-refractivity contribution is -0.130. The number of halogens is 2. The van der Waals surface area contributed by atoms with Crippen molar-refractivity contribution in [1.29, 1.82) is 0 Å². The molecule has 28 heavy (non-hydrogen) atoms. The average molecular weight is 425 g/mol. The molecule has 0 aliphatic rings. The number of rotatable bonds is 7. The Kier molecular flexibility index (Phi) is 7.48. The maximum absolute atomic E-state index is 12.5. The van der Waals surface area contributed by atoms with E-state index in [4.69, 9.17) is 27.9 Å². The van der Waals surface area contributed by atoms with Gasteiger partial charge >= 0.3 is 0 Å². The summed E-state index contributed by atoms with van der Waals surface area (Å²) in [6.07, 6.45) is 1.40. The third-order valence-corrected chi connectivity index (χ3v) is 4.30. The highest BCUT2D eigenvalue weighted by Gasteiger charge is 2.17. The monoisotopic (exact) mass is 424 g/mol. The summed E-state index contributed by atoms with van der Waals surface area (Å²) in [6, 6.07) is 6.35. The van der Waals surface area contributed by atoms with Gasteiger partial charge in [0.2, 0.25) is 5.91 Å². The van der Waals surface area contributed by atoms with E-state index in [-0.39, 0.29) is 29.3 Å². The number of aryl methyl sites for hydroxylation is 1. The Morgan fingerprint density at radius 2 is 1.96 bits per heavy atom. The molecule has 1 heterocycles. The largest absolute Gasteiger partial charge is 0.482 e. The van der Waals surface area contributed by atoms with Crippen molar-refractivity contribution in [2.75, 3.05) is 31.3 Å². The molecule has 0 bridgehead atoms. The number of carbonyl (C=O) groups excluding carboxylic acids is 2. The highest BCUT2D eigenvalue weighted by atomic mass is 35.5. The minimum absolute atomic E-state index is 0.101. The van der Waals surface area contributed by atoms with Gasteiger partial charge in [0.25, 0.3) is 5.91 Å². The van der Waals surface area contributed by atoms with Crippen LogP contribution in [-0.4, -0.2) is 48.4 Å². The summed E-state index contributed by atoms with van der Waals surface area (Å²) in [5.41, 5.74) is 1.56. The number of amides is 2. The molecule has 2 amide bonds. The van der Waals surface area contributed by atoms with E-state index in [1.165, 1.54) is 17.2 Å². The summed E-state index contributed by atoms with van der Waals surface area (Å²) in [5, 5.41) is 6.35. The molecule has 1 aromatic carbocycles. The molecule has 2 rings (SSSR count). The van der Waals surface area contributed by atoms with E-state index in [1.54, 1.807) is 33.2 Å². The number of hydrogen-bond donors (Lipinski definition) is 2. The normalized spacial score (nSPS) is 11.5. The second-order valence-corrected chi connectivity index (χ2v) is 7.26. The second-order valence-electron chi connectivity index (χ2n) is 6.42. The van der Waals surface area contributed by atoms with E-state index in [9.17, 15) is 9.59 Å². The van der Waals surface area contributed by atoms with Crippen LogP contribution in [0.25, 0.3) is 0 Å². The Morgan fingerprint density at radius 3 is 2.61 bits per heavy atom. The molecule has 0 aliphatic carbocycles. The van der Waals surface area contributed by atoms with Crippen LogP contribution in [0.4, 0.5) is 11.5 Å². The van der Waals surface area contributed by atoms with Crippen LogP contribution < -0.4 is 15.4 Å². The molecule has 2 N–H and O–H groups in total. The van der Waals surface area contributed by atoms with E-state index in [1.807, 2.05) is 13.0 Å². The maximum atomic E-state index is 12.5. The molecule has 0 spiro atoms. The van der Waals surface area contributed by atoms with Crippen molar-refractivity contribution >= 4 is 46.5 Å². The van der Waals surface area contributed by atoms with Gasteiger partial charge in [0, 0.05) is 20.3 Å². The Bertz CT molecular complexity index is 874. The van der Waals surface area contributed by atoms with Crippen LogP contribution in [0.2, 0.25) is 10.0 Å². The summed E-state index contributed by atoms with van der Waals surface area (Å²) in [4.78, 5) is 29.7. The number of anilines is 2. The van der Waals surface area contributed by atoms with E-state index < -0.39 is 6.04 Å². The topological polar surface area (TPSA) is 83.6 Å². The van der Waals surface area contributed by atoms with Gasteiger partial charge in [-0.1, -0.05) is 29.3 Å². The van der Waals surface area contributed by atoms with Gasteiger partial charge in [-0.3, -0.25) is 9.59 Å². The molecule has 0 aliphatic heterocycles. The number of ether oxygens (including phenoxy) is 1. The zero-order valence-electron chi connectivity index (χ0n) is 16.0. The SMILES string of the molecule is Cc1ccc(NC(C)C(=O)Nc2ncc(Cl)cc2Cl)c(OCC(=O)N(C)C)c1. The Morgan fingerprint density at radius 1 is 1.25 bits per heavy atom. The number of likely N-dealkylation sites (N-methyl/N-ethyl adjacent to an activating group) is 1. The molecule has 1 atom stereocenters. The van der Waals surface area contributed by atoms with Crippen molar-refractivity contribution in [1.82, 2.24) is 9.88 Å². The van der Waals surface area contributed by atoms with Crippen LogP contribution in [0.1, 0.15) is 12.5 Å². The summed E-state index contributed by atoms with van der Waals surface area (Å²) >= 11 is 11.9. The molecule has 0 saturated heterocycles. The number of aromatic nitrogens is 1. The Balaban J connectivity index is 2.08. The van der Waals surface area contributed by atoms with Crippen molar-refractivity contribution < 1.29 is 14.3 Å². The van der Waals surface area contributed by atoms with Gasteiger partial charge in [0.1, 0.15) is 11.8 Å².